The number of nitrogens with two attached hydrogens (primary N) is 1. The van der Waals surface area contributed by atoms with Crippen LogP contribution in [0.15, 0.2) is 36.9 Å². The van der Waals surface area contributed by atoms with Crippen LogP contribution >= 0.6 is 7.44 Å². The smallest absolute Gasteiger partial charge is 0.408 e. The Labute approximate surface area is 230 Å². The Morgan fingerprint density at radius 2 is 1.85 bits per heavy atom. The van der Waals surface area contributed by atoms with Crippen molar-refractivity contribution in [3.05, 3.63) is 48.0 Å². The molecule has 0 aliphatic rings. The number of anilines is 1. The van der Waals surface area contributed by atoms with Crippen molar-refractivity contribution in [1.29, 1.82) is 0 Å². The van der Waals surface area contributed by atoms with Gasteiger partial charge in [-0.1, -0.05) is 36.8 Å². The van der Waals surface area contributed by atoms with Crippen LogP contribution in [-0.2, 0) is 25.4 Å². The van der Waals surface area contributed by atoms with Crippen LogP contribution in [0, 0.1) is 6.92 Å². The number of halogens is 3. The van der Waals surface area contributed by atoms with Gasteiger partial charge in [-0.15, -0.1) is 0 Å². The van der Waals surface area contributed by atoms with Crippen molar-refractivity contribution >= 4 is 30.4 Å². The molecule has 3 rings (SSSR count). The van der Waals surface area contributed by atoms with Gasteiger partial charge in [0.15, 0.2) is 11.5 Å². The fraction of sp³-hybridized carbons (Fsp3) is 0.520. The summed E-state index contributed by atoms with van der Waals surface area (Å²) >= 11 is 0. The highest BCUT2D eigenvalue weighted by Gasteiger charge is 2.47. The summed E-state index contributed by atoms with van der Waals surface area (Å²) in [5.41, 5.74) is 5.69. The van der Waals surface area contributed by atoms with Crippen molar-refractivity contribution in [2.45, 2.75) is 71.4 Å². The van der Waals surface area contributed by atoms with E-state index in [1.807, 2.05) is 0 Å². The van der Waals surface area contributed by atoms with Crippen LogP contribution in [0.2, 0.25) is 0 Å². The number of rotatable bonds is 13. The average Bonchev–Trinajstić information content (AvgIpc) is 3.28. The number of nitrogens with one attached hydrogen (secondary N) is 2. The molecule has 0 radical (unpaired) electrons. The van der Waals surface area contributed by atoms with Crippen LogP contribution in [-0.4, -0.2) is 56.3 Å². The van der Waals surface area contributed by atoms with Gasteiger partial charge in [-0.2, -0.15) is 13.2 Å². The van der Waals surface area contributed by atoms with Crippen molar-refractivity contribution in [2.75, 3.05) is 18.7 Å². The normalized spacial score (nSPS) is 15.5. The first kappa shape index (κ1) is 31.5. The molecule has 0 bridgehead atoms. The predicted octanol–water partition coefficient (Wildman–Crippen LogP) is 4.49. The van der Waals surface area contributed by atoms with E-state index in [2.05, 4.69) is 25.1 Å². The van der Waals surface area contributed by atoms with E-state index in [-0.39, 0.29) is 24.5 Å². The number of hydrogen-bond donors (Lipinski definition) is 3. The molecule has 1 aromatic carbocycles. The summed E-state index contributed by atoms with van der Waals surface area (Å²) in [6, 6.07) is 3.39. The Kier molecular flexibility index (Phi) is 9.94. The number of aryl methyl sites for hydroxylation is 1. The summed E-state index contributed by atoms with van der Waals surface area (Å²) in [4.78, 5) is 24.9. The van der Waals surface area contributed by atoms with Gasteiger partial charge in [-0.25, -0.2) is 25.1 Å². The van der Waals surface area contributed by atoms with Crippen molar-refractivity contribution in [1.82, 2.24) is 29.7 Å². The summed E-state index contributed by atoms with van der Waals surface area (Å²) in [5, 5.41) is 4.86. The third-order valence-electron chi connectivity index (χ3n) is 5.91. The second-order valence-corrected chi connectivity index (χ2v) is 12.3. The Balaban J connectivity index is 1.86. The molecule has 0 spiro atoms. The summed E-state index contributed by atoms with van der Waals surface area (Å²) in [6.07, 6.45) is -2.81. The molecule has 40 heavy (non-hydrogen) atoms. The van der Waals surface area contributed by atoms with Gasteiger partial charge < -0.3 is 19.8 Å². The minimum atomic E-state index is -4.81. The van der Waals surface area contributed by atoms with Gasteiger partial charge in [0.05, 0.1) is 25.6 Å². The maximum Gasteiger partial charge on any atom is 0.408 e. The largest absolute Gasteiger partial charge is 0.464 e. The molecule has 0 aliphatic carbocycles. The quantitative estimate of drug-likeness (QED) is 0.194. The van der Waals surface area contributed by atoms with Gasteiger partial charge in [0.1, 0.15) is 29.8 Å². The summed E-state index contributed by atoms with van der Waals surface area (Å²) < 4.78 is 69.5. The maximum atomic E-state index is 14.3. The summed E-state index contributed by atoms with van der Waals surface area (Å²) in [6.45, 7) is 8.26. The SMILES string of the molecule is CCCOC(=O)C(C)(C)NP(=O)(CO[C@@H](C)Cn1cnc2c(N)ncnc21)N[C@H](c1ccc(C)cc1)C(F)(F)F. The molecule has 0 amide bonds. The van der Waals surface area contributed by atoms with Crippen LogP contribution < -0.4 is 15.9 Å². The lowest BCUT2D eigenvalue weighted by molar-refractivity contribution is -0.153. The standard InChI is InChI=1S/C25H35F3N7O4P/c1-6-11-38-23(36)24(4,5)34-40(37,33-20(25(26,27)28)18-9-7-16(2)8-10-18)15-39-17(3)12-35-14-32-19-21(29)30-13-31-22(19)35/h7-10,13-14,17,20H,6,11-12,15H2,1-5H3,(H2,29,30,31)(H2,33,34,37)/t17-,20+,40?/m0/s1. The van der Waals surface area contributed by atoms with Crippen molar-refractivity contribution < 1.29 is 32.0 Å². The molecule has 0 saturated heterocycles. The topological polar surface area (TPSA) is 146 Å². The second kappa shape index (κ2) is 12.6. The molecule has 0 saturated carbocycles. The molecule has 3 atom stereocenters. The molecule has 2 aromatic heterocycles. The number of hydrogen-bond acceptors (Lipinski definition) is 8. The molecule has 1 unspecified atom stereocenters. The molecule has 11 nitrogen and oxygen atoms in total. The number of aromatic nitrogens is 4. The Morgan fingerprint density at radius 3 is 2.48 bits per heavy atom. The number of carbonyl (C=O) groups is 1. The highest BCUT2D eigenvalue weighted by Crippen LogP contribution is 2.46. The van der Waals surface area contributed by atoms with E-state index in [4.69, 9.17) is 15.2 Å². The average molecular weight is 586 g/mol. The van der Waals surface area contributed by atoms with Crippen molar-refractivity contribution in [2.24, 2.45) is 0 Å². The molecule has 220 valence electrons. The van der Waals surface area contributed by atoms with Crippen LogP contribution in [0.1, 0.15) is 51.3 Å². The Hall–Kier alpha value is -3.06. The van der Waals surface area contributed by atoms with Crippen LogP contribution in [0.5, 0.6) is 0 Å². The minimum Gasteiger partial charge on any atom is -0.464 e. The number of esters is 1. The first-order valence-electron chi connectivity index (χ1n) is 12.6. The van der Waals surface area contributed by atoms with E-state index in [0.29, 0.717) is 17.6 Å². The van der Waals surface area contributed by atoms with E-state index in [0.717, 1.165) is 5.56 Å². The van der Waals surface area contributed by atoms with Gasteiger partial charge in [0, 0.05) is 0 Å². The third-order valence-corrected chi connectivity index (χ3v) is 8.02. The number of benzene rings is 1. The summed E-state index contributed by atoms with van der Waals surface area (Å²) in [5.74, 6) is -0.563. The molecule has 4 N–H and O–H groups in total. The summed E-state index contributed by atoms with van der Waals surface area (Å²) in [7, 11) is -4.27. The lowest BCUT2D eigenvalue weighted by Gasteiger charge is -2.34. The molecule has 0 fully saturated rings. The maximum absolute atomic E-state index is 14.3. The van der Waals surface area contributed by atoms with Gasteiger partial charge >= 0.3 is 12.1 Å². The van der Waals surface area contributed by atoms with E-state index in [1.54, 1.807) is 25.3 Å². The number of alkyl halides is 3. The van der Waals surface area contributed by atoms with E-state index in [9.17, 15) is 22.5 Å². The Bertz CT molecular complexity index is 1350. The number of ether oxygens (including phenoxy) is 2. The number of nitrogens with zero attached hydrogens (tertiary/aromatic N) is 4. The van der Waals surface area contributed by atoms with Crippen molar-refractivity contribution in [3.63, 3.8) is 0 Å². The minimum absolute atomic E-state index is 0.108. The molecule has 2 heterocycles. The van der Waals surface area contributed by atoms with Crippen molar-refractivity contribution in [3.8, 4) is 0 Å². The zero-order valence-electron chi connectivity index (χ0n) is 23.0. The number of carbonyl (C=O) groups excluding carboxylic acids is 1. The van der Waals surface area contributed by atoms with Crippen LogP contribution in [0.25, 0.3) is 11.2 Å². The van der Waals surface area contributed by atoms with E-state index >= 15 is 0 Å². The lowest BCUT2D eigenvalue weighted by atomic mass is 10.1. The molecule has 3 aromatic rings. The van der Waals surface area contributed by atoms with E-state index in [1.165, 1.54) is 50.8 Å². The fourth-order valence-corrected chi connectivity index (χ4v) is 6.25. The predicted molar refractivity (Wildman–Crippen MR) is 144 cm³/mol. The molecule has 15 heteroatoms. The number of nitrogen functional groups attached to an aromatic ring is 1. The molecule has 0 aliphatic heterocycles. The molecular weight excluding hydrogens is 550 g/mol. The fourth-order valence-electron chi connectivity index (χ4n) is 3.87. The van der Waals surface area contributed by atoms with Gasteiger partial charge in [0.2, 0.25) is 7.44 Å². The molecular formula is C25H35F3N7O4P. The zero-order valence-corrected chi connectivity index (χ0v) is 23.9. The number of fused-ring (bicyclic) bond motifs is 1. The van der Waals surface area contributed by atoms with Gasteiger partial charge in [0.25, 0.3) is 0 Å². The Morgan fingerprint density at radius 1 is 1.18 bits per heavy atom. The van der Waals surface area contributed by atoms with Crippen LogP contribution in [0.4, 0.5) is 19.0 Å². The first-order valence-corrected chi connectivity index (χ1v) is 14.5. The second-order valence-electron chi connectivity index (χ2n) is 10.1. The highest BCUT2D eigenvalue weighted by molar-refractivity contribution is 7.59. The number of imidazole rings is 1. The first-order chi connectivity index (χ1) is 18.6. The van der Waals surface area contributed by atoms with Crippen LogP contribution in [0.3, 0.4) is 0 Å². The monoisotopic (exact) mass is 585 g/mol. The lowest BCUT2D eigenvalue weighted by Crippen LogP contribution is -2.50. The van der Waals surface area contributed by atoms with E-state index < -0.39 is 43.6 Å². The highest BCUT2D eigenvalue weighted by atomic mass is 31.2. The van der Waals surface area contributed by atoms with Gasteiger partial charge in [-0.3, -0.25) is 9.36 Å². The zero-order chi connectivity index (χ0) is 29.7. The third kappa shape index (κ3) is 8.00. The van der Waals surface area contributed by atoms with Gasteiger partial charge in [-0.05, 0) is 39.7 Å².